The van der Waals surface area contributed by atoms with Crippen molar-refractivity contribution < 1.29 is 30.7 Å². The van der Waals surface area contributed by atoms with E-state index in [4.69, 9.17) is 9.97 Å². The molecule has 6 nitrogen and oxygen atoms in total. The number of nitrogens with zero attached hydrogens (tertiary/aromatic N) is 5. The van der Waals surface area contributed by atoms with Crippen LogP contribution in [0.4, 0.5) is 0 Å². The Morgan fingerprint density at radius 1 is 0.718 bits per heavy atom. The average Bonchev–Trinajstić information content (AvgIpc) is 3.62. The molecule has 8 aromatic rings. The number of para-hydroxylation sites is 6. The van der Waals surface area contributed by atoms with Crippen molar-refractivity contribution in [1.29, 1.82) is 0 Å². The Balaban J connectivity index is 0.00000253. The van der Waals surface area contributed by atoms with E-state index in [-0.39, 0.29) is 26.8 Å². The molecule has 1 N–H and O–H groups in total. The van der Waals surface area contributed by atoms with Gasteiger partial charge in [0.1, 0.15) is 11.6 Å². The van der Waals surface area contributed by atoms with E-state index in [1.54, 1.807) is 6.07 Å². The average molecular weight is 686 g/mol. The van der Waals surface area contributed by atoms with Gasteiger partial charge in [0.15, 0.2) is 6.33 Å². The predicted molar refractivity (Wildman–Crippen MR) is 148 cm³/mol. The van der Waals surface area contributed by atoms with Crippen LogP contribution in [0, 0.1) is 6.33 Å². The summed E-state index contributed by atoms with van der Waals surface area (Å²) in [5.74, 6) is 1.68. The van der Waals surface area contributed by atoms with E-state index in [2.05, 4.69) is 47.3 Å². The van der Waals surface area contributed by atoms with E-state index >= 15 is 0 Å². The molecule has 4 heterocycles. The summed E-state index contributed by atoms with van der Waals surface area (Å²) in [5, 5.41) is 14.0. The summed E-state index contributed by atoms with van der Waals surface area (Å²) in [7, 11) is 0. The molecular formula is C32H20N5OPt+. The standard InChI is InChI=1S/C32H20N5O.Pt/c38-28-17-8-7-16-27(28)35-20-36(26-15-6-5-14-25(26)35)29-18-9-19-30(34-29)37-24-13-4-2-11-22(24)31-21-10-1-3-12-23(21)33-32(31)37;/h1-19,38H;/q-1;+2. The van der Waals surface area contributed by atoms with E-state index in [1.807, 2.05) is 81.9 Å². The maximum absolute atomic E-state index is 10.6. The summed E-state index contributed by atoms with van der Waals surface area (Å²) in [6.07, 6.45) is 3.42. The molecule has 0 saturated heterocycles. The van der Waals surface area contributed by atoms with Gasteiger partial charge in [-0.25, -0.2) is 0 Å². The number of hydrogen-bond donors (Lipinski definition) is 1. The monoisotopic (exact) mass is 685 g/mol. The molecule has 0 aliphatic rings. The van der Waals surface area contributed by atoms with Gasteiger partial charge in [-0.05, 0) is 51.0 Å². The summed E-state index contributed by atoms with van der Waals surface area (Å²) in [6.45, 7) is 0. The molecule has 0 radical (unpaired) electrons. The van der Waals surface area contributed by atoms with Crippen molar-refractivity contribution in [3.8, 4) is 23.1 Å². The van der Waals surface area contributed by atoms with E-state index in [9.17, 15) is 5.11 Å². The number of rotatable bonds is 3. The number of pyridine rings is 1. The Morgan fingerprint density at radius 3 is 2.31 bits per heavy atom. The first-order valence-corrected chi connectivity index (χ1v) is 12.4. The van der Waals surface area contributed by atoms with Crippen LogP contribution in [0.5, 0.6) is 5.75 Å². The Bertz CT molecular complexity index is 2170. The first kappa shape index (κ1) is 23.4. The third kappa shape index (κ3) is 3.45. The van der Waals surface area contributed by atoms with Gasteiger partial charge >= 0.3 is 21.1 Å². The molecule has 0 bridgehead atoms. The number of fused-ring (bicyclic) bond motifs is 6. The molecule has 0 saturated carbocycles. The van der Waals surface area contributed by atoms with Gasteiger partial charge in [0.25, 0.3) is 0 Å². The fourth-order valence-electron chi connectivity index (χ4n) is 5.45. The second-order valence-corrected chi connectivity index (χ2v) is 9.28. The van der Waals surface area contributed by atoms with Gasteiger partial charge in [0.2, 0.25) is 5.82 Å². The van der Waals surface area contributed by atoms with Crippen molar-refractivity contribution >= 4 is 43.9 Å². The van der Waals surface area contributed by atoms with E-state index in [0.29, 0.717) is 5.69 Å². The molecule has 188 valence electrons. The molecule has 0 aliphatic heterocycles. The number of phenolic OH excluding ortho intramolecular Hbond substituents is 1. The molecule has 4 aromatic heterocycles. The minimum atomic E-state index is 0. The molecule has 8 rings (SSSR count). The molecule has 0 fully saturated rings. The van der Waals surface area contributed by atoms with Gasteiger partial charge in [-0.2, -0.15) is 0 Å². The Hall–Kier alpha value is -4.67. The van der Waals surface area contributed by atoms with Crippen LogP contribution in [0.25, 0.3) is 61.2 Å². The first-order valence-electron chi connectivity index (χ1n) is 12.4. The Labute approximate surface area is 237 Å². The zero-order valence-electron chi connectivity index (χ0n) is 20.5. The number of benzene rings is 4. The number of phenols is 1. The van der Waals surface area contributed by atoms with Gasteiger partial charge in [-0.15, -0.1) is 4.98 Å². The van der Waals surface area contributed by atoms with Crippen molar-refractivity contribution in [3.63, 3.8) is 0 Å². The van der Waals surface area contributed by atoms with E-state index in [0.717, 1.165) is 55.5 Å². The Morgan fingerprint density at radius 2 is 1.44 bits per heavy atom. The Kier molecular flexibility index (Phi) is 5.39. The van der Waals surface area contributed by atoms with Crippen LogP contribution < -0.4 is 9.55 Å². The zero-order chi connectivity index (χ0) is 25.2. The van der Waals surface area contributed by atoms with Crippen LogP contribution in [-0.4, -0.2) is 19.2 Å². The normalized spacial score (nSPS) is 11.5. The molecule has 7 heteroatoms. The minimum Gasteiger partial charge on any atom is -0.512 e. The van der Waals surface area contributed by atoms with Crippen LogP contribution in [0.1, 0.15) is 0 Å². The zero-order valence-corrected chi connectivity index (χ0v) is 22.7. The first-order chi connectivity index (χ1) is 18.8. The fourth-order valence-corrected chi connectivity index (χ4v) is 5.45. The molecule has 0 unspecified atom stereocenters. The van der Waals surface area contributed by atoms with Crippen LogP contribution in [0.3, 0.4) is 0 Å². The van der Waals surface area contributed by atoms with E-state index in [1.165, 1.54) is 0 Å². The van der Waals surface area contributed by atoms with Crippen molar-refractivity contribution in [1.82, 2.24) is 19.1 Å². The summed E-state index contributed by atoms with van der Waals surface area (Å²) >= 11 is 0. The van der Waals surface area contributed by atoms with Gasteiger partial charge in [0.05, 0.1) is 5.69 Å². The number of aromatic hydroxyl groups is 1. The van der Waals surface area contributed by atoms with Gasteiger partial charge in [0, 0.05) is 11.0 Å². The molecule has 0 atom stereocenters. The maximum Gasteiger partial charge on any atom is 2.00 e. The van der Waals surface area contributed by atoms with E-state index < -0.39 is 0 Å². The molecule has 4 aromatic carbocycles. The minimum absolute atomic E-state index is 0. The SMILES string of the molecule is Oc1ccccc1-n1[c-][n+](-c2cccc(-n3c4ccccc4c4c5ccccc5[n-]c43)n2)c2ccccc21.[Pt+2]. The predicted octanol–water partition coefficient (Wildman–Crippen LogP) is 6.01. The largest absolute Gasteiger partial charge is 2.00 e. The second-order valence-electron chi connectivity index (χ2n) is 9.28. The summed E-state index contributed by atoms with van der Waals surface area (Å²) in [5.41, 5.74) is 5.43. The van der Waals surface area contributed by atoms with Gasteiger partial charge in [-0.1, -0.05) is 97.1 Å². The number of imidazole rings is 1. The molecule has 0 spiro atoms. The topological polar surface area (TPSA) is 61.0 Å². The maximum atomic E-state index is 10.6. The van der Waals surface area contributed by atoms with Gasteiger partial charge in [-0.3, -0.25) is 4.57 Å². The smallest absolute Gasteiger partial charge is 0.512 e. The van der Waals surface area contributed by atoms with Crippen molar-refractivity contribution in [2.75, 3.05) is 0 Å². The third-order valence-electron chi connectivity index (χ3n) is 7.11. The van der Waals surface area contributed by atoms with Crippen LogP contribution in [-0.2, 0) is 21.1 Å². The molecule has 0 aliphatic carbocycles. The molecular weight excluding hydrogens is 665 g/mol. The van der Waals surface area contributed by atoms with Crippen molar-refractivity contribution in [2.45, 2.75) is 0 Å². The van der Waals surface area contributed by atoms with Crippen LogP contribution in [0.15, 0.2) is 115 Å². The number of aromatic nitrogens is 5. The molecule has 0 amide bonds. The van der Waals surface area contributed by atoms with Crippen molar-refractivity contribution in [3.05, 3.63) is 122 Å². The summed E-state index contributed by atoms with van der Waals surface area (Å²) in [6, 6.07) is 37.9. The second kappa shape index (κ2) is 8.97. The summed E-state index contributed by atoms with van der Waals surface area (Å²) < 4.78 is 5.94. The molecule has 39 heavy (non-hydrogen) atoms. The fraction of sp³-hybridized carbons (Fsp3) is 0. The van der Waals surface area contributed by atoms with Crippen LogP contribution >= 0.6 is 0 Å². The van der Waals surface area contributed by atoms with Gasteiger partial charge < -0.3 is 19.2 Å². The quantitative estimate of drug-likeness (QED) is 0.183. The number of hydrogen-bond acceptors (Lipinski definition) is 2. The van der Waals surface area contributed by atoms with Crippen LogP contribution in [0.2, 0.25) is 0 Å². The third-order valence-corrected chi connectivity index (χ3v) is 7.11. The van der Waals surface area contributed by atoms with Crippen molar-refractivity contribution in [2.24, 2.45) is 0 Å². The summed E-state index contributed by atoms with van der Waals surface area (Å²) in [4.78, 5) is 10.1.